The van der Waals surface area contributed by atoms with Crippen LogP contribution in [0.25, 0.3) is 10.2 Å². The van der Waals surface area contributed by atoms with E-state index in [2.05, 4.69) is 4.99 Å². The van der Waals surface area contributed by atoms with E-state index < -0.39 is 10.8 Å². The van der Waals surface area contributed by atoms with E-state index in [-0.39, 0.29) is 29.1 Å². The van der Waals surface area contributed by atoms with Crippen LogP contribution in [0.2, 0.25) is 0 Å². The number of hydrogen-bond acceptors (Lipinski definition) is 7. The topological polar surface area (TPSA) is 113 Å². The molecule has 10 heteroatoms. The molecule has 2 atom stereocenters. The molecule has 1 aliphatic carbocycles. The molecule has 0 bridgehead atoms. The van der Waals surface area contributed by atoms with Gasteiger partial charge in [-0.15, -0.1) is 0 Å². The maximum Gasteiger partial charge on any atom is 0.286 e. The highest BCUT2D eigenvalue weighted by atomic mass is 32.1. The van der Waals surface area contributed by atoms with Crippen molar-refractivity contribution in [2.45, 2.75) is 38.3 Å². The number of carbonyl (C=O) groups is 2. The lowest BCUT2D eigenvalue weighted by Gasteiger charge is -2.33. The van der Waals surface area contributed by atoms with Gasteiger partial charge in [-0.05, 0) is 25.3 Å². The Labute approximate surface area is 175 Å². The largest absolute Gasteiger partial charge is 0.496 e. The number of hydrogen-bond donors (Lipinski definition) is 0. The Morgan fingerprint density at radius 2 is 2.20 bits per heavy atom. The van der Waals surface area contributed by atoms with Gasteiger partial charge in [0.05, 0.1) is 33.9 Å². The number of Topliss-reactive ketones (excluding diaryl/α,β-unsaturated/α-hetero) is 1. The van der Waals surface area contributed by atoms with Gasteiger partial charge in [0, 0.05) is 25.8 Å². The van der Waals surface area contributed by atoms with Crippen LogP contribution in [0.15, 0.2) is 35.0 Å². The molecule has 158 valence electrons. The first-order valence-electron chi connectivity index (χ1n) is 9.75. The average molecular weight is 431 g/mol. The average Bonchev–Trinajstić information content (AvgIpc) is 3.08. The third-order valence-corrected chi connectivity index (χ3v) is 6.53. The number of amides is 1. The zero-order valence-corrected chi connectivity index (χ0v) is 17.2. The minimum atomic E-state index is -0.656. The van der Waals surface area contributed by atoms with Crippen molar-refractivity contribution in [1.82, 2.24) is 4.57 Å². The van der Waals surface area contributed by atoms with E-state index in [4.69, 9.17) is 9.47 Å². The Bertz CT molecular complexity index is 1120. The van der Waals surface area contributed by atoms with Gasteiger partial charge in [-0.1, -0.05) is 17.8 Å². The fraction of sp³-hybridized carbons (Fsp3) is 0.450. The summed E-state index contributed by atoms with van der Waals surface area (Å²) in [6.45, 7) is 0.785. The predicted octanol–water partition coefficient (Wildman–Crippen LogP) is 2.73. The Morgan fingerprint density at radius 1 is 1.40 bits per heavy atom. The maximum atomic E-state index is 12.8. The lowest BCUT2D eigenvalue weighted by molar-refractivity contribution is -0.384. The molecule has 1 saturated carbocycles. The second kappa shape index (κ2) is 8.49. The van der Waals surface area contributed by atoms with Crippen LogP contribution in [-0.2, 0) is 25.6 Å². The maximum absolute atomic E-state index is 12.8. The number of non-ortho nitro benzene ring substituents is 1. The van der Waals surface area contributed by atoms with Crippen LogP contribution >= 0.6 is 11.3 Å². The monoisotopic (exact) mass is 431 g/mol. The third kappa shape index (κ3) is 3.80. The molecular formula is C20H21N3O6S. The molecule has 1 amide bonds. The molecule has 1 aromatic heterocycles. The van der Waals surface area contributed by atoms with Crippen molar-refractivity contribution in [3.63, 3.8) is 0 Å². The molecule has 1 aliphatic heterocycles. The Morgan fingerprint density at radius 3 is 2.97 bits per heavy atom. The van der Waals surface area contributed by atoms with E-state index in [1.807, 2.05) is 0 Å². The van der Waals surface area contributed by atoms with Crippen molar-refractivity contribution in [2.75, 3.05) is 13.7 Å². The first kappa shape index (κ1) is 20.4. The number of thiazole rings is 1. The van der Waals surface area contributed by atoms with Crippen molar-refractivity contribution in [3.05, 3.63) is 45.0 Å². The molecule has 2 aromatic rings. The number of carbonyl (C=O) groups excluding carboxylic acids is 2. The van der Waals surface area contributed by atoms with Crippen LogP contribution in [0.1, 0.15) is 25.7 Å². The van der Waals surface area contributed by atoms with E-state index in [9.17, 15) is 19.7 Å². The van der Waals surface area contributed by atoms with Crippen molar-refractivity contribution >= 4 is 38.9 Å². The van der Waals surface area contributed by atoms with Crippen LogP contribution in [0.3, 0.4) is 0 Å². The minimum Gasteiger partial charge on any atom is -0.496 e. The second-order valence-electron chi connectivity index (χ2n) is 7.32. The number of aromatic nitrogens is 1. The van der Waals surface area contributed by atoms with Crippen LogP contribution in [0.5, 0.6) is 0 Å². The summed E-state index contributed by atoms with van der Waals surface area (Å²) in [5.41, 5.74) is 0.629. The zero-order valence-electron chi connectivity index (χ0n) is 16.4. The SMILES string of the molecule is COCCn1c(=NC(=O)C2=COC3CCCCC3C2=O)sc2cc([N+](=O)[O-])ccc21. The third-order valence-electron chi connectivity index (χ3n) is 5.49. The number of ether oxygens (including phenoxy) is 2. The normalized spacial score (nSPS) is 21.8. The van der Waals surface area contributed by atoms with Gasteiger partial charge in [0.2, 0.25) is 0 Å². The van der Waals surface area contributed by atoms with Crippen LogP contribution in [-0.4, -0.2) is 41.0 Å². The molecule has 1 aromatic carbocycles. The lowest BCUT2D eigenvalue weighted by Crippen LogP contribution is -2.38. The van der Waals surface area contributed by atoms with Crippen molar-refractivity contribution < 1.29 is 24.0 Å². The molecule has 9 nitrogen and oxygen atoms in total. The van der Waals surface area contributed by atoms with Gasteiger partial charge in [0.1, 0.15) is 11.7 Å². The number of rotatable bonds is 5. The highest BCUT2D eigenvalue weighted by molar-refractivity contribution is 7.16. The molecule has 0 radical (unpaired) electrons. The molecule has 0 N–H and O–H groups in total. The summed E-state index contributed by atoms with van der Waals surface area (Å²) in [7, 11) is 1.56. The van der Waals surface area contributed by atoms with Gasteiger partial charge < -0.3 is 14.0 Å². The highest BCUT2D eigenvalue weighted by Gasteiger charge is 2.39. The number of nitrogens with zero attached hydrogens (tertiary/aromatic N) is 3. The number of benzene rings is 1. The Kier molecular flexibility index (Phi) is 5.78. The summed E-state index contributed by atoms with van der Waals surface area (Å²) < 4.78 is 13.2. The molecular weight excluding hydrogens is 410 g/mol. The van der Waals surface area contributed by atoms with E-state index in [0.717, 1.165) is 30.6 Å². The smallest absolute Gasteiger partial charge is 0.286 e. The van der Waals surface area contributed by atoms with Gasteiger partial charge in [-0.25, -0.2) is 0 Å². The fourth-order valence-electron chi connectivity index (χ4n) is 3.94. The fourth-order valence-corrected chi connectivity index (χ4v) is 5.02. The zero-order chi connectivity index (χ0) is 21.3. The minimum absolute atomic E-state index is 0.0394. The number of nitro benzene ring substituents is 1. The van der Waals surface area contributed by atoms with Crippen LogP contribution < -0.4 is 4.80 Å². The predicted molar refractivity (Wildman–Crippen MR) is 109 cm³/mol. The second-order valence-corrected chi connectivity index (χ2v) is 8.33. The molecule has 0 spiro atoms. The number of fused-ring (bicyclic) bond motifs is 2. The quantitative estimate of drug-likeness (QED) is 0.409. The summed E-state index contributed by atoms with van der Waals surface area (Å²) in [5, 5.41) is 11.1. The summed E-state index contributed by atoms with van der Waals surface area (Å²) in [5.74, 6) is -1.15. The van der Waals surface area contributed by atoms with E-state index in [1.54, 1.807) is 17.7 Å². The number of ketones is 1. The summed E-state index contributed by atoms with van der Waals surface area (Å²) in [6, 6.07) is 4.49. The molecule has 4 rings (SSSR count). The molecule has 2 aliphatic rings. The summed E-state index contributed by atoms with van der Waals surface area (Å²) in [6.07, 6.45) is 4.59. The molecule has 2 unspecified atom stereocenters. The Balaban J connectivity index is 1.73. The van der Waals surface area contributed by atoms with E-state index >= 15 is 0 Å². The van der Waals surface area contributed by atoms with Gasteiger partial charge in [0.15, 0.2) is 10.6 Å². The van der Waals surface area contributed by atoms with Crippen molar-refractivity contribution in [2.24, 2.45) is 10.9 Å². The first-order chi connectivity index (χ1) is 14.5. The van der Waals surface area contributed by atoms with Gasteiger partial charge in [-0.3, -0.25) is 19.7 Å². The van der Waals surface area contributed by atoms with Crippen molar-refractivity contribution in [3.8, 4) is 0 Å². The van der Waals surface area contributed by atoms with Gasteiger partial charge in [-0.2, -0.15) is 4.99 Å². The van der Waals surface area contributed by atoms with Gasteiger partial charge >= 0.3 is 0 Å². The van der Waals surface area contributed by atoms with E-state index in [0.29, 0.717) is 34.6 Å². The lowest BCUT2D eigenvalue weighted by atomic mass is 9.80. The van der Waals surface area contributed by atoms with Crippen molar-refractivity contribution in [1.29, 1.82) is 0 Å². The first-order valence-corrected chi connectivity index (χ1v) is 10.6. The standard InChI is InChI=1S/C20H21N3O6S/c1-28-9-8-22-15-7-6-12(23(26)27)10-17(15)30-20(22)21-19(25)14-11-29-16-5-3-2-4-13(16)18(14)24/h6-7,10-11,13,16H,2-5,8-9H2,1H3. The highest BCUT2D eigenvalue weighted by Crippen LogP contribution is 2.33. The molecule has 2 heterocycles. The summed E-state index contributed by atoms with van der Waals surface area (Å²) >= 11 is 1.16. The van der Waals surface area contributed by atoms with Crippen LogP contribution in [0, 0.1) is 16.0 Å². The van der Waals surface area contributed by atoms with E-state index in [1.165, 1.54) is 18.4 Å². The molecule has 1 fully saturated rings. The number of methoxy groups -OCH3 is 1. The Hall–Kier alpha value is -2.85. The molecule has 0 saturated heterocycles. The summed E-state index contributed by atoms with van der Waals surface area (Å²) in [4.78, 5) is 40.8. The number of nitro groups is 1. The molecule has 30 heavy (non-hydrogen) atoms. The van der Waals surface area contributed by atoms with Crippen LogP contribution in [0.4, 0.5) is 5.69 Å². The van der Waals surface area contributed by atoms with Gasteiger partial charge in [0.25, 0.3) is 11.6 Å².